The molecule has 3 aromatic heterocycles. The number of halogens is 3. The van der Waals surface area contributed by atoms with Crippen molar-refractivity contribution in [3.05, 3.63) is 87.4 Å². The molecule has 140 valence electrons. The van der Waals surface area contributed by atoms with Gasteiger partial charge >= 0.3 is 6.18 Å². The minimum absolute atomic E-state index is 0.309. The molecule has 0 aliphatic heterocycles. The van der Waals surface area contributed by atoms with Gasteiger partial charge in [-0.1, -0.05) is 24.3 Å². The Morgan fingerprint density at radius 3 is 2.68 bits per heavy atom. The van der Waals surface area contributed by atoms with Gasteiger partial charge in [0.25, 0.3) is 5.56 Å². The Morgan fingerprint density at radius 2 is 1.93 bits per heavy atom. The molecule has 0 aliphatic carbocycles. The van der Waals surface area contributed by atoms with Gasteiger partial charge in [0.2, 0.25) is 0 Å². The van der Waals surface area contributed by atoms with Crippen LogP contribution in [0.15, 0.2) is 65.0 Å². The molecule has 28 heavy (non-hydrogen) atoms. The zero-order valence-corrected chi connectivity index (χ0v) is 15.0. The standard InChI is InChI=1S/C20H12F3N3OS/c21-20(22,23)15-5-1-4-14(9-15)17-12-28-19-25-16(10-18(27)26(17)19)7-6-13-3-2-8-24-11-13/h1-12H/b7-6+. The summed E-state index contributed by atoms with van der Waals surface area (Å²) in [4.78, 5) is 21.4. The molecule has 0 bridgehead atoms. The smallest absolute Gasteiger partial charge is 0.269 e. The van der Waals surface area contributed by atoms with E-state index in [1.165, 1.54) is 27.9 Å². The molecule has 0 aliphatic rings. The van der Waals surface area contributed by atoms with Gasteiger partial charge in [0.15, 0.2) is 4.96 Å². The summed E-state index contributed by atoms with van der Waals surface area (Å²) in [5, 5.41) is 1.63. The number of thiazole rings is 1. The monoisotopic (exact) mass is 399 g/mol. The quantitative estimate of drug-likeness (QED) is 0.487. The van der Waals surface area contributed by atoms with Crippen LogP contribution in [-0.4, -0.2) is 14.4 Å². The number of hydrogen-bond donors (Lipinski definition) is 0. The molecule has 0 saturated carbocycles. The summed E-state index contributed by atoms with van der Waals surface area (Å²) in [6, 6.07) is 9.91. The molecule has 0 saturated heterocycles. The number of nitrogens with zero attached hydrogens (tertiary/aromatic N) is 3. The second-order valence-corrected chi connectivity index (χ2v) is 6.79. The average molecular weight is 399 g/mol. The number of fused-ring (bicyclic) bond motifs is 1. The van der Waals surface area contributed by atoms with Gasteiger partial charge in [0.1, 0.15) is 0 Å². The Bertz CT molecular complexity index is 1230. The fourth-order valence-electron chi connectivity index (χ4n) is 2.73. The van der Waals surface area contributed by atoms with Crippen LogP contribution in [0.5, 0.6) is 0 Å². The first-order valence-corrected chi connectivity index (χ1v) is 9.07. The Hall–Kier alpha value is -3.26. The lowest BCUT2D eigenvalue weighted by Gasteiger charge is -2.08. The molecule has 0 spiro atoms. The van der Waals surface area contributed by atoms with Gasteiger partial charge in [-0.2, -0.15) is 13.2 Å². The fourth-order valence-corrected chi connectivity index (χ4v) is 3.64. The Morgan fingerprint density at radius 1 is 1.07 bits per heavy atom. The SMILES string of the molecule is O=c1cc(/C=C/c2cccnc2)nc2scc(-c3cccc(C(F)(F)F)c3)n12. The Kier molecular flexibility index (Phi) is 4.56. The number of alkyl halides is 3. The van der Waals surface area contributed by atoms with Crippen molar-refractivity contribution in [1.82, 2.24) is 14.4 Å². The van der Waals surface area contributed by atoms with Crippen molar-refractivity contribution in [2.75, 3.05) is 0 Å². The van der Waals surface area contributed by atoms with Gasteiger partial charge in [-0.05, 0) is 29.8 Å². The summed E-state index contributed by atoms with van der Waals surface area (Å²) >= 11 is 1.20. The molecule has 3 heterocycles. The Labute approximate surface area is 161 Å². The van der Waals surface area contributed by atoms with E-state index in [9.17, 15) is 18.0 Å². The number of hydrogen-bond acceptors (Lipinski definition) is 4. The average Bonchev–Trinajstić information content (AvgIpc) is 3.11. The van der Waals surface area contributed by atoms with E-state index in [0.29, 0.717) is 21.9 Å². The van der Waals surface area contributed by atoms with Gasteiger partial charge in [0, 0.05) is 29.4 Å². The number of benzene rings is 1. The van der Waals surface area contributed by atoms with E-state index in [1.807, 2.05) is 6.07 Å². The van der Waals surface area contributed by atoms with E-state index < -0.39 is 11.7 Å². The van der Waals surface area contributed by atoms with Crippen molar-refractivity contribution >= 4 is 28.4 Å². The highest BCUT2D eigenvalue weighted by Gasteiger charge is 2.30. The lowest BCUT2D eigenvalue weighted by molar-refractivity contribution is -0.137. The lowest BCUT2D eigenvalue weighted by Crippen LogP contribution is -2.14. The molecule has 1 aromatic carbocycles. The summed E-state index contributed by atoms with van der Waals surface area (Å²) in [7, 11) is 0. The zero-order chi connectivity index (χ0) is 19.7. The van der Waals surface area contributed by atoms with Crippen LogP contribution in [0.4, 0.5) is 13.2 Å². The predicted molar refractivity (Wildman–Crippen MR) is 103 cm³/mol. The minimum Gasteiger partial charge on any atom is -0.269 e. The topological polar surface area (TPSA) is 47.3 Å². The summed E-state index contributed by atoms with van der Waals surface area (Å²) in [5.41, 5.74) is 0.896. The molecule has 0 radical (unpaired) electrons. The molecule has 4 rings (SSSR count). The van der Waals surface area contributed by atoms with Crippen molar-refractivity contribution in [2.45, 2.75) is 6.18 Å². The van der Waals surface area contributed by atoms with Crippen LogP contribution < -0.4 is 5.56 Å². The summed E-state index contributed by atoms with van der Waals surface area (Å²) in [5.74, 6) is 0. The summed E-state index contributed by atoms with van der Waals surface area (Å²) in [6.07, 6.45) is 2.37. The molecular weight excluding hydrogens is 387 g/mol. The third-order valence-electron chi connectivity index (χ3n) is 4.04. The predicted octanol–water partition coefficient (Wildman–Crippen LogP) is 5.01. The van der Waals surface area contributed by atoms with Crippen LogP contribution in [0, 0.1) is 0 Å². The van der Waals surface area contributed by atoms with Crippen LogP contribution in [0.2, 0.25) is 0 Å². The molecule has 0 unspecified atom stereocenters. The van der Waals surface area contributed by atoms with E-state index in [2.05, 4.69) is 9.97 Å². The molecule has 4 nitrogen and oxygen atoms in total. The fraction of sp³-hybridized carbons (Fsp3) is 0.0500. The second-order valence-electron chi connectivity index (χ2n) is 5.96. The van der Waals surface area contributed by atoms with E-state index in [1.54, 1.807) is 42.1 Å². The van der Waals surface area contributed by atoms with E-state index >= 15 is 0 Å². The third kappa shape index (κ3) is 3.59. The van der Waals surface area contributed by atoms with Crippen molar-refractivity contribution < 1.29 is 13.2 Å². The number of aromatic nitrogens is 3. The van der Waals surface area contributed by atoms with Crippen molar-refractivity contribution in [1.29, 1.82) is 0 Å². The highest BCUT2D eigenvalue weighted by molar-refractivity contribution is 7.15. The minimum atomic E-state index is -4.45. The molecule has 0 atom stereocenters. The number of rotatable bonds is 3. The van der Waals surface area contributed by atoms with Gasteiger partial charge in [0.05, 0.1) is 17.0 Å². The summed E-state index contributed by atoms with van der Waals surface area (Å²) in [6.45, 7) is 0. The van der Waals surface area contributed by atoms with E-state index in [4.69, 9.17) is 0 Å². The molecule has 4 aromatic rings. The first kappa shape index (κ1) is 18.1. The molecule has 0 N–H and O–H groups in total. The maximum atomic E-state index is 13.0. The highest BCUT2D eigenvalue weighted by Crippen LogP contribution is 2.33. The number of pyridine rings is 1. The molecule has 8 heteroatoms. The molecule has 0 fully saturated rings. The highest BCUT2D eigenvalue weighted by atomic mass is 32.1. The zero-order valence-electron chi connectivity index (χ0n) is 14.2. The van der Waals surface area contributed by atoms with Gasteiger partial charge < -0.3 is 0 Å². The van der Waals surface area contributed by atoms with Crippen LogP contribution in [0.1, 0.15) is 16.8 Å². The van der Waals surface area contributed by atoms with E-state index in [0.717, 1.165) is 17.7 Å². The van der Waals surface area contributed by atoms with Crippen LogP contribution in [-0.2, 0) is 6.18 Å². The largest absolute Gasteiger partial charge is 0.416 e. The van der Waals surface area contributed by atoms with Crippen molar-refractivity contribution in [3.8, 4) is 11.3 Å². The lowest BCUT2D eigenvalue weighted by atomic mass is 10.1. The second kappa shape index (κ2) is 7.05. The van der Waals surface area contributed by atoms with Crippen molar-refractivity contribution in [3.63, 3.8) is 0 Å². The molecular formula is C20H12F3N3OS. The molecule has 0 amide bonds. The summed E-state index contributed by atoms with van der Waals surface area (Å²) < 4.78 is 40.3. The van der Waals surface area contributed by atoms with E-state index in [-0.39, 0.29) is 5.56 Å². The van der Waals surface area contributed by atoms with Gasteiger partial charge in [-0.25, -0.2) is 4.98 Å². The van der Waals surface area contributed by atoms with Gasteiger partial charge in [-0.15, -0.1) is 11.3 Å². The Balaban J connectivity index is 1.76. The third-order valence-corrected chi connectivity index (χ3v) is 4.87. The normalized spacial score (nSPS) is 12.1. The first-order chi connectivity index (χ1) is 13.4. The van der Waals surface area contributed by atoms with Gasteiger partial charge in [-0.3, -0.25) is 14.2 Å². The maximum Gasteiger partial charge on any atom is 0.416 e. The van der Waals surface area contributed by atoms with Crippen molar-refractivity contribution in [2.24, 2.45) is 0 Å². The van der Waals surface area contributed by atoms with Crippen LogP contribution >= 0.6 is 11.3 Å². The van der Waals surface area contributed by atoms with Crippen LogP contribution in [0.25, 0.3) is 28.4 Å². The first-order valence-electron chi connectivity index (χ1n) is 8.19. The maximum absolute atomic E-state index is 13.0. The van der Waals surface area contributed by atoms with Crippen LogP contribution in [0.3, 0.4) is 0 Å².